The van der Waals surface area contributed by atoms with Crippen molar-refractivity contribution < 1.29 is 52.1 Å². The maximum absolute atomic E-state index is 14.9. The van der Waals surface area contributed by atoms with Gasteiger partial charge in [0.25, 0.3) is 0 Å². The Labute approximate surface area is 262 Å². The number of hydrogen-bond acceptors (Lipinski definition) is 11. The Kier molecular flexibility index (Phi) is 7.19. The van der Waals surface area contributed by atoms with Crippen LogP contribution in [0.3, 0.4) is 0 Å². The minimum Gasteiger partial charge on any atom is -0.472 e. The van der Waals surface area contributed by atoms with Crippen molar-refractivity contribution in [1.29, 1.82) is 0 Å². The summed E-state index contributed by atoms with van der Waals surface area (Å²) in [4.78, 5) is 67.4. The molecule has 1 aromatic rings. The predicted molar refractivity (Wildman–Crippen MR) is 155 cm³/mol. The molecule has 45 heavy (non-hydrogen) atoms. The second-order valence-electron chi connectivity index (χ2n) is 14.5. The topological polar surface area (TPSA) is 148 Å². The molecule has 11 nitrogen and oxygen atoms in total. The van der Waals surface area contributed by atoms with E-state index in [0.717, 1.165) is 5.56 Å². The molecular formula is C34H42O11. The lowest BCUT2D eigenvalue weighted by molar-refractivity contribution is -0.234. The minimum absolute atomic E-state index is 0.0788. The van der Waals surface area contributed by atoms with Crippen LogP contribution in [-0.4, -0.2) is 60.7 Å². The van der Waals surface area contributed by atoms with Crippen LogP contribution in [0.15, 0.2) is 34.7 Å². The van der Waals surface area contributed by atoms with Gasteiger partial charge in [0.2, 0.25) is 6.10 Å². The lowest BCUT2D eigenvalue weighted by Gasteiger charge is -2.65. The molecule has 11 atom stereocenters. The highest BCUT2D eigenvalue weighted by molar-refractivity contribution is 5.95. The smallest absolute Gasteiger partial charge is 0.347 e. The number of Topliss-reactive ketones (excluding diaryl/α,β-unsaturated/α-hetero) is 1. The SMILES string of the molecule is C/C=C(\C)C(=O)O[C@@H]1[C@H]2C(=O)[C@](C)([C@H]3CC[C@]4(C)[C@@H](CC(=O)O[C@H]4c4ccoc4)[C@]34O[C@H]24)[C@@H]([C@@H](OC(C)=O)C(=O)OC)C1(C)C. The molecule has 3 heterocycles. The highest BCUT2D eigenvalue weighted by Gasteiger charge is 2.87. The number of furan rings is 1. The standard InChI is InChI=1S/C34H42O11/c1-9-16(2)29(38)44-27-22-25(37)33(7,24(31(27,4)5)23(30(39)40-8)42-17(3)35)19-10-12-32(6)20(34(19)28(22)45-34)14-21(36)43-26(32)18-11-13-41-15-18/h9,11,13,15,19-20,22-24,26-28H,10,12,14H2,1-8H3/b16-9+/t19-,20-,22-,23-,24+,26+,27-,28-,32-,33-,34-/m1/s1. The summed E-state index contributed by atoms with van der Waals surface area (Å²) in [5.41, 5.74) is -2.75. The quantitative estimate of drug-likeness (QED) is 0.193. The average molecular weight is 627 g/mol. The number of carbonyl (C=O) groups excluding carboxylic acids is 5. The zero-order chi connectivity index (χ0) is 32.9. The van der Waals surface area contributed by atoms with Crippen LogP contribution in [0.1, 0.15) is 79.4 Å². The lowest BCUT2D eigenvalue weighted by Crippen LogP contribution is -2.74. The molecule has 3 saturated carbocycles. The Morgan fingerprint density at radius 1 is 1.09 bits per heavy atom. The van der Waals surface area contributed by atoms with Gasteiger partial charge in [-0.15, -0.1) is 0 Å². The molecule has 11 heteroatoms. The van der Waals surface area contributed by atoms with E-state index < -0.39 is 81.9 Å². The van der Waals surface area contributed by atoms with E-state index in [4.69, 9.17) is 28.1 Å². The van der Waals surface area contributed by atoms with Crippen molar-refractivity contribution in [1.82, 2.24) is 0 Å². The summed E-state index contributed by atoms with van der Waals surface area (Å²) in [6, 6.07) is 1.79. The fourth-order valence-corrected chi connectivity index (χ4v) is 10.1. The van der Waals surface area contributed by atoms with Gasteiger partial charge < -0.3 is 28.1 Å². The number of allylic oxidation sites excluding steroid dienone is 1. The van der Waals surface area contributed by atoms with Crippen LogP contribution >= 0.6 is 0 Å². The number of methoxy groups -OCH3 is 1. The van der Waals surface area contributed by atoms with Crippen molar-refractivity contribution in [2.24, 2.45) is 39.9 Å². The Morgan fingerprint density at radius 2 is 1.80 bits per heavy atom. The van der Waals surface area contributed by atoms with Crippen molar-refractivity contribution >= 4 is 29.7 Å². The van der Waals surface area contributed by atoms with Gasteiger partial charge in [-0.3, -0.25) is 14.4 Å². The Morgan fingerprint density at radius 3 is 2.40 bits per heavy atom. The highest BCUT2D eigenvalue weighted by atomic mass is 16.6. The van der Waals surface area contributed by atoms with E-state index in [0.29, 0.717) is 18.4 Å². The van der Waals surface area contributed by atoms with Crippen LogP contribution in [0.2, 0.25) is 0 Å². The molecule has 1 spiro atoms. The first-order valence-electron chi connectivity index (χ1n) is 15.6. The molecule has 3 aliphatic carbocycles. The summed E-state index contributed by atoms with van der Waals surface area (Å²) in [6.45, 7) is 12.1. The number of cyclic esters (lactones) is 1. The highest BCUT2D eigenvalue weighted by Crippen LogP contribution is 2.77. The first-order valence-corrected chi connectivity index (χ1v) is 15.6. The number of carbonyl (C=O) groups is 5. The van der Waals surface area contributed by atoms with Crippen LogP contribution < -0.4 is 0 Å². The summed E-state index contributed by atoms with van der Waals surface area (Å²) in [5.74, 6) is -5.33. The lowest BCUT2D eigenvalue weighted by atomic mass is 9.37. The molecule has 2 saturated heterocycles. The van der Waals surface area contributed by atoms with Crippen molar-refractivity contribution in [3.63, 3.8) is 0 Å². The number of ether oxygens (including phenoxy) is 5. The van der Waals surface area contributed by atoms with Gasteiger partial charge in [0, 0.05) is 52.1 Å². The van der Waals surface area contributed by atoms with Gasteiger partial charge in [0.15, 0.2) is 0 Å². The number of esters is 4. The number of rotatable bonds is 6. The van der Waals surface area contributed by atoms with E-state index in [1.54, 1.807) is 38.5 Å². The molecular weight excluding hydrogens is 584 g/mol. The molecule has 0 N–H and O–H groups in total. The van der Waals surface area contributed by atoms with Crippen molar-refractivity contribution in [2.45, 2.75) is 97.7 Å². The summed E-state index contributed by atoms with van der Waals surface area (Å²) in [5, 5.41) is 0. The second kappa shape index (κ2) is 10.3. The molecule has 0 unspecified atom stereocenters. The fraction of sp³-hybridized carbons (Fsp3) is 0.676. The third-order valence-corrected chi connectivity index (χ3v) is 12.0. The van der Waals surface area contributed by atoms with Crippen LogP contribution in [0.5, 0.6) is 0 Å². The third kappa shape index (κ3) is 4.14. The van der Waals surface area contributed by atoms with Gasteiger partial charge in [0.1, 0.15) is 29.7 Å². The van der Waals surface area contributed by atoms with Crippen molar-refractivity contribution in [3.05, 3.63) is 35.8 Å². The summed E-state index contributed by atoms with van der Waals surface area (Å²) in [6.07, 6.45) is 2.24. The average Bonchev–Trinajstić information content (AvgIpc) is 3.43. The largest absolute Gasteiger partial charge is 0.472 e. The van der Waals surface area contributed by atoms with Crippen LogP contribution in [-0.2, 0) is 47.7 Å². The molecule has 5 fully saturated rings. The maximum Gasteiger partial charge on any atom is 0.347 e. The van der Waals surface area contributed by atoms with E-state index in [-0.39, 0.29) is 24.1 Å². The van der Waals surface area contributed by atoms with Gasteiger partial charge in [-0.2, -0.15) is 0 Å². The van der Waals surface area contributed by atoms with E-state index in [1.165, 1.54) is 14.0 Å². The Bertz CT molecular complexity index is 1470. The summed E-state index contributed by atoms with van der Waals surface area (Å²) in [7, 11) is 1.20. The first-order chi connectivity index (χ1) is 21.1. The van der Waals surface area contributed by atoms with Crippen LogP contribution in [0.4, 0.5) is 0 Å². The first kappa shape index (κ1) is 31.5. The van der Waals surface area contributed by atoms with Gasteiger partial charge in [-0.05, 0) is 32.8 Å². The van der Waals surface area contributed by atoms with E-state index >= 15 is 0 Å². The Balaban J connectivity index is 1.54. The summed E-state index contributed by atoms with van der Waals surface area (Å²) < 4.78 is 35.1. The fourth-order valence-electron chi connectivity index (χ4n) is 10.1. The molecule has 1 aromatic heterocycles. The Hall–Kier alpha value is -3.47. The van der Waals surface area contributed by atoms with Crippen LogP contribution in [0, 0.1) is 39.9 Å². The zero-order valence-corrected chi connectivity index (χ0v) is 27.0. The molecule has 244 valence electrons. The molecule has 5 aliphatic rings. The molecule has 0 radical (unpaired) electrons. The van der Waals surface area contributed by atoms with Crippen molar-refractivity contribution in [2.75, 3.05) is 7.11 Å². The molecule has 2 aliphatic heterocycles. The number of hydrogen-bond donors (Lipinski definition) is 0. The van der Waals surface area contributed by atoms with Gasteiger partial charge in [-0.25, -0.2) is 9.59 Å². The second-order valence-corrected chi connectivity index (χ2v) is 14.5. The van der Waals surface area contributed by atoms with Crippen LogP contribution in [0.25, 0.3) is 0 Å². The van der Waals surface area contributed by atoms with Crippen molar-refractivity contribution in [3.8, 4) is 0 Å². The monoisotopic (exact) mass is 626 g/mol. The predicted octanol–water partition coefficient (Wildman–Crippen LogP) is 4.28. The third-order valence-electron chi connectivity index (χ3n) is 12.0. The van der Waals surface area contributed by atoms with Gasteiger partial charge in [-0.1, -0.05) is 33.8 Å². The van der Waals surface area contributed by atoms with Gasteiger partial charge in [0.05, 0.1) is 32.0 Å². The van der Waals surface area contributed by atoms with Gasteiger partial charge >= 0.3 is 23.9 Å². The summed E-state index contributed by atoms with van der Waals surface area (Å²) >= 11 is 0. The zero-order valence-electron chi connectivity index (χ0n) is 27.0. The molecule has 2 bridgehead atoms. The number of epoxide rings is 1. The number of fused-ring (bicyclic) bond motifs is 5. The number of ketones is 1. The van der Waals surface area contributed by atoms with E-state index in [2.05, 4.69) is 6.92 Å². The van der Waals surface area contributed by atoms with E-state index in [9.17, 15) is 24.0 Å². The molecule has 6 rings (SSSR count). The normalized spacial score (nSPS) is 41.8. The molecule has 0 amide bonds. The minimum atomic E-state index is -1.46. The molecule has 0 aromatic carbocycles. The van der Waals surface area contributed by atoms with E-state index in [1.807, 2.05) is 20.8 Å². The maximum atomic E-state index is 14.9.